The molecule has 2 N–H and O–H groups in total. The Morgan fingerprint density at radius 3 is 2.94 bits per heavy atom. The number of aryl methyl sites for hydroxylation is 2. The highest BCUT2D eigenvalue weighted by Gasteiger charge is 2.23. The molecule has 2 heteroatoms. The third-order valence-corrected chi connectivity index (χ3v) is 4.08. The van der Waals surface area contributed by atoms with E-state index in [4.69, 9.17) is 10.5 Å². The molecular formula is C15H21NO. The van der Waals surface area contributed by atoms with Crippen LogP contribution in [0.2, 0.25) is 0 Å². The number of nitrogens with two attached hydrogens (primary N) is 1. The van der Waals surface area contributed by atoms with Crippen LogP contribution in [0.3, 0.4) is 0 Å². The molecule has 1 fully saturated rings. The van der Waals surface area contributed by atoms with Crippen LogP contribution < -0.4 is 5.73 Å². The number of hydrogen-bond donors (Lipinski definition) is 1. The van der Waals surface area contributed by atoms with Crippen LogP contribution in [0.4, 0.5) is 0 Å². The summed E-state index contributed by atoms with van der Waals surface area (Å²) in [5.41, 5.74) is 10.7. The Morgan fingerprint density at radius 1 is 1.24 bits per heavy atom. The molecule has 2 unspecified atom stereocenters. The fourth-order valence-electron chi connectivity index (χ4n) is 3.10. The van der Waals surface area contributed by atoms with Crippen LogP contribution in [0.15, 0.2) is 18.2 Å². The maximum absolute atomic E-state index is 6.23. The third-order valence-electron chi connectivity index (χ3n) is 4.08. The second kappa shape index (κ2) is 4.79. The highest BCUT2D eigenvalue weighted by Crippen LogP contribution is 2.24. The number of benzene rings is 1. The Hall–Kier alpha value is -0.860. The summed E-state index contributed by atoms with van der Waals surface area (Å²) < 4.78 is 5.65. The molecule has 1 aliphatic carbocycles. The van der Waals surface area contributed by atoms with Gasteiger partial charge in [0.25, 0.3) is 0 Å². The average Bonchev–Trinajstić information content (AvgIpc) is 2.99. The number of rotatable bonds is 3. The maximum atomic E-state index is 6.23. The molecule has 2 nitrogen and oxygen atoms in total. The van der Waals surface area contributed by atoms with Gasteiger partial charge in [-0.05, 0) is 55.2 Å². The molecular weight excluding hydrogens is 210 g/mol. The van der Waals surface area contributed by atoms with Crippen molar-refractivity contribution in [2.45, 2.75) is 50.7 Å². The second-order valence-corrected chi connectivity index (χ2v) is 5.38. The molecule has 1 heterocycles. The minimum Gasteiger partial charge on any atom is -0.377 e. The molecule has 0 amide bonds. The molecule has 92 valence electrons. The predicted molar refractivity (Wildman–Crippen MR) is 69.1 cm³/mol. The van der Waals surface area contributed by atoms with E-state index in [1.165, 1.54) is 31.2 Å². The van der Waals surface area contributed by atoms with Gasteiger partial charge in [-0.15, -0.1) is 0 Å². The Balaban J connectivity index is 1.68. The van der Waals surface area contributed by atoms with Crippen LogP contribution in [0.5, 0.6) is 0 Å². The molecule has 0 aromatic heterocycles. The van der Waals surface area contributed by atoms with Gasteiger partial charge in [-0.2, -0.15) is 0 Å². The van der Waals surface area contributed by atoms with Crippen molar-refractivity contribution in [3.05, 3.63) is 34.9 Å². The fourth-order valence-corrected chi connectivity index (χ4v) is 3.10. The van der Waals surface area contributed by atoms with Crippen LogP contribution >= 0.6 is 0 Å². The highest BCUT2D eigenvalue weighted by atomic mass is 16.5. The van der Waals surface area contributed by atoms with Crippen LogP contribution in [0.25, 0.3) is 0 Å². The van der Waals surface area contributed by atoms with Crippen molar-refractivity contribution in [2.24, 2.45) is 5.73 Å². The lowest BCUT2D eigenvalue weighted by atomic mass is 9.97. The average molecular weight is 231 g/mol. The van der Waals surface area contributed by atoms with E-state index in [-0.39, 0.29) is 12.1 Å². The van der Waals surface area contributed by atoms with Gasteiger partial charge < -0.3 is 10.5 Å². The first kappa shape index (κ1) is 11.2. The number of fused-ring (bicyclic) bond motifs is 1. The molecule has 2 aliphatic rings. The lowest BCUT2D eigenvalue weighted by Gasteiger charge is -2.18. The van der Waals surface area contributed by atoms with E-state index in [1.54, 1.807) is 11.1 Å². The molecule has 0 radical (unpaired) electrons. The standard InChI is InChI=1S/C15H21NO/c16-14(15-5-2-8-17-15)10-11-6-7-12-3-1-4-13(12)9-11/h6-7,9,14-15H,1-5,8,10,16H2. The van der Waals surface area contributed by atoms with E-state index in [0.29, 0.717) is 0 Å². The van der Waals surface area contributed by atoms with Gasteiger partial charge in [-0.1, -0.05) is 18.2 Å². The van der Waals surface area contributed by atoms with Crippen molar-refractivity contribution in [2.75, 3.05) is 6.61 Å². The monoisotopic (exact) mass is 231 g/mol. The zero-order chi connectivity index (χ0) is 11.7. The van der Waals surface area contributed by atoms with Crippen molar-refractivity contribution in [3.8, 4) is 0 Å². The summed E-state index contributed by atoms with van der Waals surface area (Å²) >= 11 is 0. The molecule has 1 aliphatic heterocycles. The smallest absolute Gasteiger partial charge is 0.0730 e. The first-order chi connectivity index (χ1) is 8.33. The van der Waals surface area contributed by atoms with Gasteiger partial charge in [0.1, 0.15) is 0 Å². The topological polar surface area (TPSA) is 35.2 Å². The maximum Gasteiger partial charge on any atom is 0.0730 e. The molecule has 1 aromatic carbocycles. The third kappa shape index (κ3) is 2.38. The zero-order valence-corrected chi connectivity index (χ0v) is 10.3. The quantitative estimate of drug-likeness (QED) is 0.865. The van der Waals surface area contributed by atoms with Gasteiger partial charge in [0, 0.05) is 12.6 Å². The fraction of sp³-hybridized carbons (Fsp3) is 0.600. The van der Waals surface area contributed by atoms with E-state index < -0.39 is 0 Å². The van der Waals surface area contributed by atoms with Crippen LogP contribution in [0.1, 0.15) is 36.0 Å². The summed E-state index contributed by atoms with van der Waals surface area (Å²) in [7, 11) is 0. The molecule has 3 rings (SSSR count). The van der Waals surface area contributed by atoms with Gasteiger partial charge >= 0.3 is 0 Å². The van der Waals surface area contributed by atoms with E-state index in [0.717, 1.165) is 19.4 Å². The Morgan fingerprint density at radius 2 is 2.12 bits per heavy atom. The van der Waals surface area contributed by atoms with Gasteiger partial charge in [0.15, 0.2) is 0 Å². The molecule has 1 saturated heterocycles. The van der Waals surface area contributed by atoms with Gasteiger partial charge in [0.2, 0.25) is 0 Å². The Kier molecular flexibility index (Phi) is 3.17. The minimum atomic E-state index is 0.164. The SMILES string of the molecule is NC(Cc1ccc2c(c1)CCC2)C1CCCO1. The summed E-state index contributed by atoms with van der Waals surface area (Å²) in [6.45, 7) is 0.891. The van der Waals surface area contributed by atoms with E-state index in [1.807, 2.05) is 0 Å². The van der Waals surface area contributed by atoms with Gasteiger partial charge in [-0.25, -0.2) is 0 Å². The summed E-state index contributed by atoms with van der Waals surface area (Å²) in [5.74, 6) is 0. The van der Waals surface area contributed by atoms with Crippen LogP contribution in [0, 0.1) is 0 Å². The molecule has 0 saturated carbocycles. The number of ether oxygens (including phenoxy) is 1. The van der Waals surface area contributed by atoms with Crippen molar-refractivity contribution in [3.63, 3.8) is 0 Å². The van der Waals surface area contributed by atoms with Crippen molar-refractivity contribution >= 4 is 0 Å². The van der Waals surface area contributed by atoms with Crippen LogP contribution in [-0.2, 0) is 24.0 Å². The number of hydrogen-bond acceptors (Lipinski definition) is 2. The molecule has 2 atom stereocenters. The van der Waals surface area contributed by atoms with E-state index >= 15 is 0 Å². The molecule has 0 bridgehead atoms. The lowest BCUT2D eigenvalue weighted by molar-refractivity contribution is 0.0900. The van der Waals surface area contributed by atoms with Crippen molar-refractivity contribution in [1.82, 2.24) is 0 Å². The van der Waals surface area contributed by atoms with Gasteiger partial charge in [0.05, 0.1) is 6.10 Å². The zero-order valence-electron chi connectivity index (χ0n) is 10.3. The molecule has 0 spiro atoms. The van der Waals surface area contributed by atoms with Crippen molar-refractivity contribution < 1.29 is 4.74 Å². The van der Waals surface area contributed by atoms with Gasteiger partial charge in [-0.3, -0.25) is 0 Å². The Bertz CT molecular complexity index is 396. The van der Waals surface area contributed by atoms with Crippen molar-refractivity contribution in [1.29, 1.82) is 0 Å². The predicted octanol–water partition coefficient (Wildman–Crippen LogP) is 2.22. The minimum absolute atomic E-state index is 0.164. The van der Waals surface area contributed by atoms with E-state index in [9.17, 15) is 0 Å². The summed E-state index contributed by atoms with van der Waals surface area (Å²) in [4.78, 5) is 0. The molecule has 17 heavy (non-hydrogen) atoms. The second-order valence-electron chi connectivity index (χ2n) is 5.38. The highest BCUT2D eigenvalue weighted by molar-refractivity contribution is 5.35. The first-order valence-corrected chi connectivity index (χ1v) is 6.81. The Labute approximate surface area is 103 Å². The summed E-state index contributed by atoms with van der Waals surface area (Å²) in [6.07, 6.45) is 7.36. The van der Waals surface area contributed by atoms with Crippen LogP contribution in [-0.4, -0.2) is 18.8 Å². The summed E-state index contributed by atoms with van der Waals surface area (Å²) in [5, 5.41) is 0. The lowest BCUT2D eigenvalue weighted by Crippen LogP contribution is -2.36. The normalized spacial score (nSPS) is 24.9. The largest absolute Gasteiger partial charge is 0.377 e. The summed E-state index contributed by atoms with van der Waals surface area (Å²) in [6, 6.07) is 7.06. The van der Waals surface area contributed by atoms with E-state index in [2.05, 4.69) is 18.2 Å². The molecule has 1 aromatic rings. The first-order valence-electron chi connectivity index (χ1n) is 6.81.